The molecule has 2 nitrogen and oxygen atoms in total. The van der Waals surface area contributed by atoms with Crippen molar-refractivity contribution in [3.63, 3.8) is 0 Å². The van der Waals surface area contributed by atoms with E-state index in [2.05, 4.69) is 100 Å². The molecule has 0 atom stereocenters. The van der Waals surface area contributed by atoms with Crippen LogP contribution in [0.25, 0.3) is 0 Å². The highest BCUT2D eigenvalue weighted by Crippen LogP contribution is 2.43. The maximum Gasteiger partial charge on any atom is 0.122 e. The lowest BCUT2D eigenvalue weighted by Gasteiger charge is -2.29. The molecule has 0 aromatic heterocycles. The summed E-state index contributed by atoms with van der Waals surface area (Å²) in [5, 5.41) is 22.5. The molecule has 0 spiro atoms. The fourth-order valence-electron chi connectivity index (χ4n) is 5.07. The van der Waals surface area contributed by atoms with E-state index in [-0.39, 0.29) is 16.7 Å². The summed E-state index contributed by atoms with van der Waals surface area (Å²) in [4.78, 5) is 0. The molecule has 0 saturated heterocycles. The summed E-state index contributed by atoms with van der Waals surface area (Å²) in [6.07, 6.45) is 6.02. The second-order valence-electron chi connectivity index (χ2n) is 13.9. The molecule has 2 heteroatoms. The Morgan fingerprint density at radius 2 is 0.972 bits per heavy atom. The van der Waals surface area contributed by atoms with Gasteiger partial charge in [0.25, 0.3) is 0 Å². The number of phenolic OH excluding ortho intramolecular Hbond substituents is 2. The first-order valence-corrected chi connectivity index (χ1v) is 14.3. The summed E-state index contributed by atoms with van der Waals surface area (Å²) in [5.41, 5.74) is 6.51. The second-order valence-corrected chi connectivity index (χ2v) is 13.9. The van der Waals surface area contributed by atoms with Crippen LogP contribution < -0.4 is 0 Å². The van der Waals surface area contributed by atoms with Crippen LogP contribution in [0.3, 0.4) is 0 Å². The standard InChI is InChI=1S/C34H54O2/c1-12-13-28(26-18-24(16-14-22(2)3)31(35)29(20-26)33(6,7)8)27-19-25(17-15-23(4)5)32(36)30(21-27)34(9,10)11/h18-23,28,35-36H,12-17H2,1-11H3. The summed E-state index contributed by atoms with van der Waals surface area (Å²) in [6, 6.07) is 9.05. The van der Waals surface area contributed by atoms with Crippen LogP contribution in [-0.2, 0) is 23.7 Å². The topological polar surface area (TPSA) is 40.5 Å². The lowest BCUT2D eigenvalue weighted by atomic mass is 9.77. The van der Waals surface area contributed by atoms with Crippen molar-refractivity contribution >= 4 is 0 Å². The highest BCUT2D eigenvalue weighted by atomic mass is 16.3. The van der Waals surface area contributed by atoms with Gasteiger partial charge in [0.2, 0.25) is 0 Å². The quantitative estimate of drug-likeness (QED) is 0.345. The minimum Gasteiger partial charge on any atom is -0.507 e. The first kappa shape index (κ1) is 30.3. The van der Waals surface area contributed by atoms with Gasteiger partial charge in [-0.25, -0.2) is 0 Å². The van der Waals surface area contributed by atoms with Crippen molar-refractivity contribution in [2.75, 3.05) is 0 Å². The van der Waals surface area contributed by atoms with E-state index < -0.39 is 0 Å². The van der Waals surface area contributed by atoms with Crippen LogP contribution in [0.1, 0.15) is 141 Å². The summed E-state index contributed by atoms with van der Waals surface area (Å²) in [6.45, 7) is 24.4. The predicted octanol–water partition coefficient (Wildman–Crippen LogP) is 9.80. The molecule has 2 aromatic carbocycles. The van der Waals surface area contributed by atoms with E-state index in [9.17, 15) is 10.2 Å². The molecule has 202 valence electrons. The number of aryl methyl sites for hydroxylation is 2. The summed E-state index contributed by atoms with van der Waals surface area (Å²) < 4.78 is 0. The van der Waals surface area contributed by atoms with Crippen LogP contribution in [0.5, 0.6) is 11.5 Å². The normalized spacial score (nSPS) is 12.8. The Morgan fingerprint density at radius 3 is 1.25 bits per heavy atom. The van der Waals surface area contributed by atoms with Crippen LogP contribution in [0.2, 0.25) is 0 Å². The van der Waals surface area contributed by atoms with Crippen LogP contribution in [-0.4, -0.2) is 10.2 Å². The van der Waals surface area contributed by atoms with Gasteiger partial charge in [-0.3, -0.25) is 0 Å². The molecule has 0 radical (unpaired) electrons. The monoisotopic (exact) mass is 494 g/mol. The Labute approximate surface area is 222 Å². The number of aromatic hydroxyl groups is 2. The van der Waals surface area contributed by atoms with Crippen molar-refractivity contribution in [3.05, 3.63) is 57.6 Å². The molecule has 0 saturated carbocycles. The van der Waals surface area contributed by atoms with Crippen molar-refractivity contribution in [1.29, 1.82) is 0 Å². The molecule has 36 heavy (non-hydrogen) atoms. The molecule has 0 aliphatic carbocycles. The Balaban J connectivity index is 2.76. The summed E-state index contributed by atoms with van der Waals surface area (Å²) in [5.74, 6) is 2.36. The lowest BCUT2D eigenvalue weighted by molar-refractivity contribution is 0.435. The zero-order valence-electron chi connectivity index (χ0n) is 25.2. The fourth-order valence-corrected chi connectivity index (χ4v) is 5.07. The van der Waals surface area contributed by atoms with Crippen molar-refractivity contribution in [3.8, 4) is 11.5 Å². The van der Waals surface area contributed by atoms with Gasteiger partial charge < -0.3 is 10.2 Å². The van der Waals surface area contributed by atoms with Gasteiger partial charge in [-0.05, 0) is 88.2 Å². The SMILES string of the molecule is CCCC(c1cc(CCC(C)C)c(O)c(C(C)(C)C)c1)c1cc(CCC(C)C)c(O)c(C(C)(C)C)c1. The predicted molar refractivity (Wildman–Crippen MR) is 157 cm³/mol. The zero-order valence-corrected chi connectivity index (χ0v) is 25.2. The molecular weight excluding hydrogens is 440 g/mol. The smallest absolute Gasteiger partial charge is 0.122 e. The van der Waals surface area contributed by atoms with Gasteiger partial charge in [0, 0.05) is 5.92 Å². The van der Waals surface area contributed by atoms with Gasteiger partial charge in [0.15, 0.2) is 0 Å². The molecule has 2 N–H and O–H groups in total. The molecule has 0 unspecified atom stereocenters. The van der Waals surface area contributed by atoms with Gasteiger partial charge in [0.1, 0.15) is 11.5 Å². The number of benzene rings is 2. The number of hydrogen-bond acceptors (Lipinski definition) is 2. The molecule has 0 aliphatic rings. The third-order valence-corrected chi connectivity index (χ3v) is 7.40. The average Bonchev–Trinajstić information content (AvgIpc) is 2.74. The van der Waals surface area contributed by atoms with Crippen LogP contribution in [0.15, 0.2) is 24.3 Å². The third-order valence-electron chi connectivity index (χ3n) is 7.40. The maximum absolute atomic E-state index is 11.3. The van der Waals surface area contributed by atoms with Gasteiger partial charge in [-0.2, -0.15) is 0 Å². The van der Waals surface area contributed by atoms with Crippen molar-refractivity contribution in [2.45, 2.75) is 131 Å². The average molecular weight is 495 g/mol. The van der Waals surface area contributed by atoms with Crippen molar-refractivity contribution in [1.82, 2.24) is 0 Å². The fraction of sp³-hybridized carbons (Fsp3) is 0.647. The number of phenols is 2. The molecule has 0 aliphatic heterocycles. The summed E-state index contributed by atoms with van der Waals surface area (Å²) in [7, 11) is 0. The van der Waals surface area contributed by atoms with Gasteiger partial charge in [-0.1, -0.05) is 107 Å². The molecule has 0 bridgehead atoms. The molecule has 2 rings (SSSR count). The van der Waals surface area contributed by atoms with E-state index in [1.165, 1.54) is 11.1 Å². The van der Waals surface area contributed by atoms with Crippen molar-refractivity contribution in [2.24, 2.45) is 11.8 Å². The maximum atomic E-state index is 11.3. The van der Waals surface area contributed by atoms with Gasteiger partial charge >= 0.3 is 0 Å². The molecule has 0 amide bonds. The van der Waals surface area contributed by atoms with E-state index in [4.69, 9.17) is 0 Å². The third kappa shape index (κ3) is 7.77. The van der Waals surface area contributed by atoms with E-state index in [0.717, 1.165) is 60.8 Å². The molecule has 2 aromatic rings. The molecule has 0 heterocycles. The van der Waals surface area contributed by atoms with Crippen LogP contribution >= 0.6 is 0 Å². The lowest BCUT2D eigenvalue weighted by Crippen LogP contribution is -2.16. The van der Waals surface area contributed by atoms with E-state index in [0.29, 0.717) is 23.3 Å². The second kappa shape index (κ2) is 12.1. The first-order valence-electron chi connectivity index (χ1n) is 14.3. The van der Waals surface area contributed by atoms with Crippen LogP contribution in [0.4, 0.5) is 0 Å². The highest BCUT2D eigenvalue weighted by Gasteiger charge is 2.27. The Kier molecular flexibility index (Phi) is 10.1. The van der Waals surface area contributed by atoms with E-state index in [1.807, 2.05) is 0 Å². The van der Waals surface area contributed by atoms with Gasteiger partial charge in [-0.15, -0.1) is 0 Å². The summed E-state index contributed by atoms with van der Waals surface area (Å²) >= 11 is 0. The van der Waals surface area contributed by atoms with E-state index >= 15 is 0 Å². The van der Waals surface area contributed by atoms with Gasteiger partial charge in [0.05, 0.1) is 0 Å². The Hall–Kier alpha value is -1.96. The molecular formula is C34H54O2. The minimum atomic E-state index is -0.141. The Morgan fingerprint density at radius 1 is 0.611 bits per heavy atom. The number of hydrogen-bond donors (Lipinski definition) is 2. The molecule has 0 fully saturated rings. The highest BCUT2D eigenvalue weighted by molar-refractivity contribution is 5.53. The first-order chi connectivity index (χ1) is 16.6. The van der Waals surface area contributed by atoms with Crippen LogP contribution in [0, 0.1) is 11.8 Å². The minimum absolute atomic E-state index is 0.141. The van der Waals surface area contributed by atoms with Crippen molar-refractivity contribution < 1.29 is 10.2 Å². The number of rotatable bonds is 10. The Bertz CT molecular complexity index is 920. The van der Waals surface area contributed by atoms with E-state index in [1.54, 1.807) is 0 Å². The largest absolute Gasteiger partial charge is 0.507 e. The zero-order chi connectivity index (χ0) is 27.4.